The van der Waals surface area contributed by atoms with Crippen molar-refractivity contribution in [2.75, 3.05) is 7.05 Å². The fourth-order valence-corrected chi connectivity index (χ4v) is 4.13. The molecule has 0 bridgehead atoms. The van der Waals surface area contributed by atoms with Crippen molar-refractivity contribution < 1.29 is 24.0 Å². The molecule has 1 aliphatic carbocycles. The van der Waals surface area contributed by atoms with Gasteiger partial charge in [0.05, 0.1) is 12.2 Å². The molecule has 31 heavy (non-hydrogen) atoms. The number of amides is 2. The Morgan fingerprint density at radius 1 is 1.10 bits per heavy atom. The fraction of sp³-hybridized carbons (Fsp3) is 0.375. The number of imide groups is 1. The van der Waals surface area contributed by atoms with Crippen molar-refractivity contribution in [1.29, 1.82) is 0 Å². The minimum absolute atomic E-state index is 0.101. The first-order chi connectivity index (χ1) is 15.0. The van der Waals surface area contributed by atoms with Crippen molar-refractivity contribution in [2.45, 2.75) is 51.2 Å². The zero-order chi connectivity index (χ0) is 21.8. The number of hydrogen-bond acceptors (Lipinski definition) is 6. The number of rotatable bonds is 7. The lowest BCUT2D eigenvalue weighted by molar-refractivity contribution is -0.188. The first-order valence-corrected chi connectivity index (χ1v) is 10.6. The smallest absolute Gasteiger partial charge is 0.246 e. The molecule has 1 N–H and O–H groups in total. The molecule has 2 aromatic carbocycles. The zero-order valence-electron chi connectivity index (χ0n) is 17.6. The van der Waals surface area contributed by atoms with E-state index in [2.05, 4.69) is 17.4 Å². The van der Waals surface area contributed by atoms with Crippen LogP contribution in [0.15, 0.2) is 36.4 Å². The van der Waals surface area contributed by atoms with Gasteiger partial charge in [-0.2, -0.15) is 5.06 Å². The number of hydrogen-bond donors (Lipinski definition) is 1. The second-order valence-electron chi connectivity index (χ2n) is 7.97. The van der Waals surface area contributed by atoms with Gasteiger partial charge in [0.15, 0.2) is 6.29 Å². The lowest BCUT2D eigenvalue weighted by atomic mass is 9.92. The van der Waals surface area contributed by atoms with Crippen molar-refractivity contribution in [1.82, 2.24) is 10.4 Å². The van der Waals surface area contributed by atoms with Crippen LogP contribution < -0.4 is 10.1 Å². The van der Waals surface area contributed by atoms with Crippen LogP contribution in [-0.4, -0.2) is 36.3 Å². The summed E-state index contributed by atoms with van der Waals surface area (Å²) < 4.78 is 6.06. The quantitative estimate of drug-likeness (QED) is 0.419. The Morgan fingerprint density at radius 3 is 2.68 bits per heavy atom. The van der Waals surface area contributed by atoms with E-state index in [0.29, 0.717) is 29.0 Å². The van der Waals surface area contributed by atoms with Crippen molar-refractivity contribution in [2.24, 2.45) is 0 Å². The maximum Gasteiger partial charge on any atom is 0.246 e. The number of nitrogens with zero attached hydrogens (tertiary/aromatic N) is 1. The minimum Gasteiger partial charge on any atom is -0.457 e. The van der Waals surface area contributed by atoms with Crippen LogP contribution >= 0.6 is 0 Å². The second-order valence-corrected chi connectivity index (χ2v) is 7.97. The molecule has 1 fully saturated rings. The first-order valence-electron chi connectivity index (χ1n) is 10.6. The lowest BCUT2D eigenvalue weighted by Gasteiger charge is -2.29. The number of aldehydes is 1. The molecule has 2 aromatic rings. The van der Waals surface area contributed by atoms with Crippen molar-refractivity contribution in [3.63, 3.8) is 0 Å². The van der Waals surface area contributed by atoms with E-state index in [1.807, 2.05) is 12.1 Å². The molecule has 1 heterocycles. The topological polar surface area (TPSA) is 84.9 Å². The molecule has 1 saturated heterocycles. The fourth-order valence-electron chi connectivity index (χ4n) is 4.13. The van der Waals surface area contributed by atoms with Gasteiger partial charge in [0.25, 0.3) is 0 Å². The largest absolute Gasteiger partial charge is 0.457 e. The van der Waals surface area contributed by atoms with E-state index in [1.54, 1.807) is 19.2 Å². The summed E-state index contributed by atoms with van der Waals surface area (Å²) >= 11 is 0. The second kappa shape index (κ2) is 9.41. The van der Waals surface area contributed by atoms with E-state index >= 15 is 0 Å². The predicted molar refractivity (Wildman–Crippen MR) is 114 cm³/mol. The summed E-state index contributed by atoms with van der Waals surface area (Å²) in [7, 11) is 1.65. The number of nitrogens with one attached hydrogen (secondary N) is 1. The Kier molecular flexibility index (Phi) is 6.44. The number of carbonyl (C=O) groups is 3. The number of aryl methyl sites for hydroxylation is 2. The number of likely N-dealkylation sites (N-methyl/N-ethyl adjacent to an activating group) is 1. The van der Waals surface area contributed by atoms with Gasteiger partial charge >= 0.3 is 0 Å². The van der Waals surface area contributed by atoms with Crippen LogP contribution in [0.4, 0.5) is 0 Å². The molecule has 7 heteroatoms. The third-order valence-electron chi connectivity index (χ3n) is 5.89. The Hall–Kier alpha value is -3.03. The van der Waals surface area contributed by atoms with E-state index in [4.69, 9.17) is 9.57 Å². The molecule has 1 unspecified atom stereocenters. The van der Waals surface area contributed by atoms with Gasteiger partial charge in [-0.15, -0.1) is 0 Å². The molecule has 0 radical (unpaired) electrons. The highest BCUT2D eigenvalue weighted by Gasteiger charge is 2.30. The third-order valence-corrected chi connectivity index (χ3v) is 5.89. The van der Waals surface area contributed by atoms with Crippen LogP contribution in [0.5, 0.6) is 11.5 Å². The van der Waals surface area contributed by atoms with Gasteiger partial charge in [0, 0.05) is 13.5 Å². The van der Waals surface area contributed by atoms with Gasteiger partial charge in [-0.3, -0.25) is 24.5 Å². The molecular formula is C24H26N2O5. The number of piperidine rings is 1. The number of hydroxylamine groups is 2. The average molecular weight is 422 g/mol. The van der Waals surface area contributed by atoms with Gasteiger partial charge < -0.3 is 4.74 Å². The summed E-state index contributed by atoms with van der Waals surface area (Å²) in [6.45, 7) is 0.101. The lowest BCUT2D eigenvalue weighted by Crippen LogP contribution is -2.51. The van der Waals surface area contributed by atoms with E-state index in [-0.39, 0.29) is 24.8 Å². The van der Waals surface area contributed by atoms with Crippen LogP contribution in [0, 0.1) is 0 Å². The molecule has 1 atom stereocenters. The van der Waals surface area contributed by atoms with Crippen LogP contribution in [0.2, 0.25) is 0 Å². The molecule has 162 valence electrons. The number of benzene rings is 2. The summed E-state index contributed by atoms with van der Waals surface area (Å²) in [5, 5.41) is 3.75. The molecule has 2 amide bonds. The molecule has 1 aliphatic heterocycles. The van der Waals surface area contributed by atoms with Crippen LogP contribution in [0.3, 0.4) is 0 Å². The highest BCUT2D eigenvalue weighted by Crippen LogP contribution is 2.31. The van der Waals surface area contributed by atoms with Gasteiger partial charge in [-0.1, -0.05) is 18.2 Å². The molecule has 0 saturated carbocycles. The molecule has 7 nitrogen and oxygen atoms in total. The monoisotopic (exact) mass is 422 g/mol. The van der Waals surface area contributed by atoms with E-state index in [1.165, 1.54) is 29.0 Å². The molecule has 4 rings (SSSR count). The Balaban J connectivity index is 1.46. The van der Waals surface area contributed by atoms with Crippen LogP contribution in [0.25, 0.3) is 0 Å². The van der Waals surface area contributed by atoms with E-state index < -0.39 is 6.04 Å². The SMILES string of the molecule is CN(OCc1cccc(Oc2ccc3c(c2)CCCC3)c1C=O)C1CCC(=O)NC1=O. The first kappa shape index (κ1) is 21.2. The van der Waals surface area contributed by atoms with Crippen molar-refractivity contribution in [3.05, 3.63) is 58.7 Å². The predicted octanol–water partition coefficient (Wildman–Crippen LogP) is 3.34. The Morgan fingerprint density at radius 2 is 1.90 bits per heavy atom. The Labute approximate surface area is 181 Å². The van der Waals surface area contributed by atoms with E-state index in [9.17, 15) is 14.4 Å². The van der Waals surface area contributed by atoms with Gasteiger partial charge in [-0.05, 0) is 67.0 Å². The molecular weight excluding hydrogens is 396 g/mol. The highest BCUT2D eigenvalue weighted by molar-refractivity contribution is 6.00. The highest BCUT2D eigenvalue weighted by atomic mass is 16.7. The molecule has 0 aromatic heterocycles. The van der Waals surface area contributed by atoms with Crippen LogP contribution in [0.1, 0.15) is 52.7 Å². The number of ether oxygens (including phenoxy) is 1. The Bertz CT molecular complexity index is 1000. The summed E-state index contributed by atoms with van der Waals surface area (Å²) in [4.78, 5) is 40.9. The normalized spacial score (nSPS) is 18.5. The van der Waals surface area contributed by atoms with Crippen molar-refractivity contribution in [3.8, 4) is 11.5 Å². The maximum absolute atomic E-state index is 12.0. The molecule has 0 spiro atoms. The minimum atomic E-state index is -0.549. The third kappa shape index (κ3) is 4.84. The average Bonchev–Trinajstić information content (AvgIpc) is 2.77. The summed E-state index contributed by atoms with van der Waals surface area (Å²) in [6.07, 6.45) is 5.98. The number of carbonyl (C=O) groups excluding carboxylic acids is 3. The summed E-state index contributed by atoms with van der Waals surface area (Å²) in [5.74, 6) is 0.529. The van der Waals surface area contributed by atoms with Gasteiger partial charge in [-0.25, -0.2) is 0 Å². The summed E-state index contributed by atoms with van der Waals surface area (Å²) in [5.41, 5.74) is 3.75. The summed E-state index contributed by atoms with van der Waals surface area (Å²) in [6, 6.07) is 10.9. The zero-order valence-corrected chi connectivity index (χ0v) is 17.6. The standard InChI is InChI=1S/C24H26N2O5/c1-26(21-11-12-23(28)25-24(21)29)30-15-18-7-4-8-22(20(18)14-27)31-19-10-9-16-5-2-3-6-17(16)13-19/h4,7-10,13-14,21H,2-3,5-6,11-12,15H2,1H3,(H,25,28,29). The van der Waals surface area contributed by atoms with Crippen LogP contribution in [-0.2, 0) is 33.9 Å². The maximum atomic E-state index is 12.0. The van der Waals surface area contributed by atoms with Gasteiger partial charge in [0.1, 0.15) is 17.5 Å². The van der Waals surface area contributed by atoms with E-state index in [0.717, 1.165) is 19.1 Å². The van der Waals surface area contributed by atoms with Crippen molar-refractivity contribution >= 4 is 18.1 Å². The number of fused-ring (bicyclic) bond motifs is 1. The molecule has 2 aliphatic rings. The van der Waals surface area contributed by atoms with Gasteiger partial charge in [0.2, 0.25) is 11.8 Å².